The Labute approximate surface area is 165 Å². The normalized spacial score (nSPS) is 17.4. The van der Waals surface area contributed by atoms with Crippen molar-refractivity contribution in [1.29, 1.82) is 0 Å². The Kier molecular flexibility index (Phi) is 5.87. The molecule has 2 N–H and O–H groups in total. The molecule has 2 heterocycles. The van der Waals surface area contributed by atoms with Crippen molar-refractivity contribution in [2.45, 2.75) is 38.6 Å². The van der Waals surface area contributed by atoms with Gasteiger partial charge in [0.2, 0.25) is 10.0 Å². The van der Waals surface area contributed by atoms with E-state index in [1.165, 1.54) is 4.31 Å². The number of nitrogens with zero attached hydrogens (tertiary/aromatic N) is 2. The highest BCUT2D eigenvalue weighted by Crippen LogP contribution is 2.19. The van der Waals surface area contributed by atoms with Gasteiger partial charge in [-0.2, -0.15) is 4.31 Å². The summed E-state index contributed by atoms with van der Waals surface area (Å²) in [5, 5.41) is 6.51. The van der Waals surface area contributed by atoms with Crippen LogP contribution in [0, 0.1) is 20.8 Å². The molecule has 0 bridgehead atoms. The molecular weight excluding hydrogens is 380 g/mol. The zero-order valence-electron chi connectivity index (χ0n) is 16.7. The van der Waals surface area contributed by atoms with Crippen LogP contribution in [-0.2, 0) is 14.8 Å². The van der Waals surface area contributed by atoms with Crippen molar-refractivity contribution < 1.29 is 22.6 Å². The number of piperazine rings is 1. The minimum atomic E-state index is -3.52. The largest absolute Gasteiger partial charge is 0.360 e. The number of anilines is 1. The molecule has 1 amide bonds. The SMILES string of the molecule is Cc1cc(NC(=O)[C@H](C)[NH+]2CCN(S(=O)(=O)c3ccc(C)c(C)c3)CC2)no1. The molecule has 3 rings (SSSR count). The summed E-state index contributed by atoms with van der Waals surface area (Å²) in [6.45, 7) is 9.36. The van der Waals surface area contributed by atoms with E-state index >= 15 is 0 Å². The number of nitrogens with one attached hydrogen (secondary N) is 2. The van der Waals surface area contributed by atoms with Crippen LogP contribution in [0.2, 0.25) is 0 Å². The van der Waals surface area contributed by atoms with Crippen LogP contribution in [0.15, 0.2) is 33.7 Å². The summed E-state index contributed by atoms with van der Waals surface area (Å²) in [6, 6.07) is 6.56. The molecule has 0 spiro atoms. The van der Waals surface area contributed by atoms with Gasteiger partial charge in [0.1, 0.15) is 5.76 Å². The van der Waals surface area contributed by atoms with Crippen LogP contribution in [-0.4, -0.2) is 56.0 Å². The summed E-state index contributed by atoms with van der Waals surface area (Å²) in [6.07, 6.45) is 0. The predicted molar refractivity (Wildman–Crippen MR) is 105 cm³/mol. The number of aryl methyl sites for hydroxylation is 3. The molecule has 152 valence electrons. The molecule has 0 aliphatic carbocycles. The number of amides is 1. The van der Waals surface area contributed by atoms with Gasteiger partial charge in [-0.3, -0.25) is 4.79 Å². The van der Waals surface area contributed by atoms with Crippen LogP contribution >= 0.6 is 0 Å². The van der Waals surface area contributed by atoms with E-state index in [1.54, 1.807) is 25.1 Å². The predicted octanol–water partition coefficient (Wildman–Crippen LogP) is 0.516. The number of quaternary nitrogens is 1. The van der Waals surface area contributed by atoms with Crippen LogP contribution in [0.5, 0.6) is 0 Å². The molecule has 8 nitrogen and oxygen atoms in total. The Morgan fingerprint density at radius 1 is 1.18 bits per heavy atom. The zero-order valence-corrected chi connectivity index (χ0v) is 17.5. The highest BCUT2D eigenvalue weighted by molar-refractivity contribution is 7.89. The van der Waals surface area contributed by atoms with Gasteiger partial charge in [-0.05, 0) is 51.0 Å². The summed E-state index contributed by atoms with van der Waals surface area (Å²) in [5.74, 6) is 0.860. The van der Waals surface area contributed by atoms with Crippen LogP contribution in [0.4, 0.5) is 5.82 Å². The molecule has 0 radical (unpaired) electrons. The average Bonchev–Trinajstić information content (AvgIpc) is 3.08. The molecule has 28 heavy (non-hydrogen) atoms. The maximum atomic E-state index is 12.9. The zero-order chi connectivity index (χ0) is 20.5. The molecule has 1 fully saturated rings. The number of aromatic nitrogens is 1. The summed E-state index contributed by atoms with van der Waals surface area (Å²) >= 11 is 0. The van der Waals surface area contributed by atoms with E-state index in [2.05, 4.69) is 10.5 Å². The molecule has 1 atom stereocenters. The van der Waals surface area contributed by atoms with Crippen molar-refractivity contribution >= 4 is 21.7 Å². The number of hydrogen-bond donors (Lipinski definition) is 2. The fourth-order valence-corrected chi connectivity index (χ4v) is 4.84. The molecule has 1 aliphatic heterocycles. The molecule has 2 aromatic rings. The monoisotopic (exact) mass is 407 g/mol. The summed E-state index contributed by atoms with van der Waals surface area (Å²) in [7, 11) is -3.52. The number of hydrogen-bond acceptors (Lipinski definition) is 5. The van der Waals surface area contributed by atoms with E-state index in [0.717, 1.165) is 16.0 Å². The molecule has 9 heteroatoms. The lowest BCUT2D eigenvalue weighted by molar-refractivity contribution is -0.917. The van der Waals surface area contributed by atoms with Crippen LogP contribution in [0.25, 0.3) is 0 Å². The van der Waals surface area contributed by atoms with Gasteiger partial charge in [0, 0.05) is 6.07 Å². The lowest BCUT2D eigenvalue weighted by atomic mass is 10.1. The third-order valence-electron chi connectivity index (χ3n) is 5.37. The minimum absolute atomic E-state index is 0.159. The van der Waals surface area contributed by atoms with Crippen molar-refractivity contribution in [3.05, 3.63) is 41.2 Å². The Balaban J connectivity index is 1.61. The van der Waals surface area contributed by atoms with E-state index in [9.17, 15) is 13.2 Å². The minimum Gasteiger partial charge on any atom is -0.360 e. The van der Waals surface area contributed by atoms with Gasteiger partial charge in [0.15, 0.2) is 11.9 Å². The lowest BCUT2D eigenvalue weighted by Crippen LogP contribution is -3.19. The number of rotatable bonds is 5. The topological polar surface area (TPSA) is 97.0 Å². The first-order valence-electron chi connectivity index (χ1n) is 9.34. The third-order valence-corrected chi connectivity index (χ3v) is 7.26. The Morgan fingerprint density at radius 3 is 2.43 bits per heavy atom. The summed E-state index contributed by atoms with van der Waals surface area (Å²) in [4.78, 5) is 13.8. The second-order valence-electron chi connectivity index (χ2n) is 7.34. The number of sulfonamides is 1. The Morgan fingerprint density at radius 2 is 1.86 bits per heavy atom. The van der Waals surface area contributed by atoms with Gasteiger partial charge in [-0.15, -0.1) is 0 Å². The highest BCUT2D eigenvalue weighted by Gasteiger charge is 2.34. The molecule has 1 aromatic heterocycles. The quantitative estimate of drug-likeness (QED) is 0.753. The van der Waals surface area contributed by atoms with Crippen molar-refractivity contribution in [2.75, 3.05) is 31.5 Å². The van der Waals surface area contributed by atoms with Gasteiger partial charge in [-0.25, -0.2) is 8.42 Å². The maximum absolute atomic E-state index is 12.9. The van der Waals surface area contributed by atoms with Gasteiger partial charge >= 0.3 is 0 Å². The maximum Gasteiger partial charge on any atom is 0.283 e. The smallest absolute Gasteiger partial charge is 0.283 e. The molecule has 0 unspecified atom stereocenters. The Hall–Kier alpha value is -2.23. The summed E-state index contributed by atoms with van der Waals surface area (Å²) < 4.78 is 32.3. The van der Waals surface area contributed by atoms with E-state index < -0.39 is 10.0 Å². The van der Waals surface area contributed by atoms with Gasteiger partial charge in [-0.1, -0.05) is 11.2 Å². The fourth-order valence-electron chi connectivity index (χ4n) is 3.32. The van der Waals surface area contributed by atoms with E-state index in [0.29, 0.717) is 42.7 Å². The molecule has 0 saturated carbocycles. The second kappa shape index (κ2) is 8.02. The number of carbonyl (C=O) groups is 1. The Bertz CT molecular complexity index is 962. The second-order valence-corrected chi connectivity index (χ2v) is 9.28. The molecule has 1 aromatic carbocycles. The van der Waals surface area contributed by atoms with Crippen LogP contribution in [0.3, 0.4) is 0 Å². The van der Waals surface area contributed by atoms with Crippen LogP contribution in [0.1, 0.15) is 23.8 Å². The third kappa shape index (κ3) is 4.26. The first kappa shape index (κ1) is 20.5. The first-order valence-corrected chi connectivity index (χ1v) is 10.8. The van der Waals surface area contributed by atoms with Crippen molar-refractivity contribution in [2.24, 2.45) is 0 Å². The van der Waals surface area contributed by atoms with E-state index in [-0.39, 0.29) is 11.9 Å². The number of carbonyl (C=O) groups excluding carboxylic acids is 1. The molecule has 1 saturated heterocycles. The number of benzene rings is 1. The van der Waals surface area contributed by atoms with E-state index in [1.807, 2.05) is 26.8 Å². The highest BCUT2D eigenvalue weighted by atomic mass is 32.2. The van der Waals surface area contributed by atoms with Crippen molar-refractivity contribution in [1.82, 2.24) is 9.46 Å². The average molecular weight is 408 g/mol. The first-order chi connectivity index (χ1) is 13.2. The fraction of sp³-hybridized carbons (Fsp3) is 0.474. The van der Waals surface area contributed by atoms with Crippen LogP contribution < -0.4 is 10.2 Å². The van der Waals surface area contributed by atoms with Crippen molar-refractivity contribution in [3.8, 4) is 0 Å². The van der Waals surface area contributed by atoms with Gasteiger partial charge in [0.25, 0.3) is 5.91 Å². The molecule has 1 aliphatic rings. The summed E-state index contributed by atoms with van der Waals surface area (Å²) in [5.41, 5.74) is 2.02. The standard InChI is InChI=1S/C19H26N4O4S/c1-13-5-6-17(11-14(13)2)28(25,26)23-9-7-22(8-10-23)16(4)19(24)20-18-12-15(3)27-21-18/h5-6,11-12,16H,7-10H2,1-4H3,(H,20,21,24)/p+1/t16-/m0/s1. The molecular formula is C19H27N4O4S+. The van der Waals surface area contributed by atoms with Gasteiger partial charge in [0.05, 0.1) is 31.1 Å². The van der Waals surface area contributed by atoms with Gasteiger partial charge < -0.3 is 14.7 Å². The van der Waals surface area contributed by atoms with E-state index in [4.69, 9.17) is 4.52 Å². The van der Waals surface area contributed by atoms with Crippen molar-refractivity contribution in [3.63, 3.8) is 0 Å². The lowest BCUT2D eigenvalue weighted by Gasteiger charge is -2.34.